The molecule has 0 unspecified atom stereocenters. The Bertz CT molecular complexity index is 1190. The maximum Gasteiger partial charge on any atom is 0.251 e. The molecule has 0 atom stereocenters. The van der Waals surface area contributed by atoms with E-state index in [0.29, 0.717) is 73.9 Å². The maximum atomic E-state index is 12.5. The van der Waals surface area contributed by atoms with Gasteiger partial charge in [-0.25, -0.2) is 9.97 Å². The quantitative estimate of drug-likeness (QED) is 0.100. The molecule has 1 aromatic carbocycles. The van der Waals surface area contributed by atoms with Crippen LogP contribution in [-0.2, 0) is 0 Å². The molecule has 2 aromatic heterocycles. The summed E-state index contributed by atoms with van der Waals surface area (Å²) in [6, 6.07) is 10.3. The summed E-state index contributed by atoms with van der Waals surface area (Å²) in [4.78, 5) is 42.5. The van der Waals surface area contributed by atoms with Gasteiger partial charge in [0.2, 0.25) is 11.9 Å². The van der Waals surface area contributed by atoms with Crippen LogP contribution >= 0.6 is 0 Å². The van der Waals surface area contributed by atoms with Gasteiger partial charge in [-0.1, -0.05) is 27.7 Å². The Morgan fingerprint density at radius 1 is 0.568 bits per heavy atom. The zero-order valence-electron chi connectivity index (χ0n) is 26.4. The third-order valence-corrected chi connectivity index (χ3v) is 6.62. The molecule has 12 nitrogen and oxygen atoms in total. The summed E-state index contributed by atoms with van der Waals surface area (Å²) in [5.41, 5.74) is 1.01. The smallest absolute Gasteiger partial charge is 0.251 e. The molecule has 238 valence electrons. The number of aromatic nitrogens is 4. The van der Waals surface area contributed by atoms with Crippen LogP contribution in [0.4, 0.5) is 23.5 Å². The van der Waals surface area contributed by atoms with E-state index in [-0.39, 0.29) is 11.8 Å². The van der Waals surface area contributed by atoms with Crippen molar-refractivity contribution in [2.24, 2.45) is 11.8 Å². The van der Waals surface area contributed by atoms with Gasteiger partial charge in [-0.2, -0.15) is 9.97 Å². The average molecular weight is 605 g/mol. The predicted octanol–water partition coefficient (Wildman–Crippen LogP) is 4.65. The number of hydrogen-bond donors (Lipinski definition) is 6. The van der Waals surface area contributed by atoms with E-state index in [4.69, 9.17) is 0 Å². The first-order valence-corrected chi connectivity index (χ1v) is 15.6. The second-order valence-corrected chi connectivity index (χ2v) is 11.4. The Morgan fingerprint density at radius 3 is 1.36 bits per heavy atom. The van der Waals surface area contributed by atoms with Crippen LogP contribution in [0.3, 0.4) is 0 Å². The third kappa shape index (κ3) is 13.2. The number of nitrogens with one attached hydrogen (secondary N) is 6. The van der Waals surface area contributed by atoms with Gasteiger partial charge in [0.05, 0.1) is 0 Å². The van der Waals surface area contributed by atoms with Gasteiger partial charge in [0.25, 0.3) is 11.8 Å². The van der Waals surface area contributed by atoms with Crippen molar-refractivity contribution in [2.75, 3.05) is 60.5 Å². The molecule has 0 aliphatic carbocycles. The number of nitrogens with zero attached hydrogens (tertiary/aromatic N) is 4. The topological polar surface area (TPSA) is 158 Å². The zero-order chi connectivity index (χ0) is 31.6. The molecule has 0 spiro atoms. The zero-order valence-corrected chi connectivity index (χ0v) is 26.4. The summed E-state index contributed by atoms with van der Waals surface area (Å²) in [6.07, 6.45) is 7.01. The number of hydrogen-bond acceptors (Lipinski definition) is 10. The van der Waals surface area contributed by atoms with Crippen molar-refractivity contribution in [1.29, 1.82) is 0 Å². The van der Waals surface area contributed by atoms with Crippen LogP contribution in [0, 0.1) is 11.8 Å². The molecule has 0 fully saturated rings. The number of carbonyl (C=O) groups is 2. The van der Waals surface area contributed by atoms with Gasteiger partial charge in [-0.15, -0.1) is 0 Å². The van der Waals surface area contributed by atoms with E-state index < -0.39 is 0 Å². The fraction of sp³-hybridized carbons (Fsp3) is 0.500. The highest BCUT2D eigenvalue weighted by Crippen LogP contribution is 2.09. The molecule has 6 N–H and O–H groups in total. The fourth-order valence-corrected chi connectivity index (χ4v) is 4.02. The second kappa shape index (κ2) is 18.9. The molecule has 0 bridgehead atoms. The fourth-order valence-electron chi connectivity index (χ4n) is 4.02. The first-order chi connectivity index (χ1) is 21.3. The maximum absolute atomic E-state index is 12.5. The van der Waals surface area contributed by atoms with E-state index in [0.717, 1.165) is 37.6 Å². The first kappa shape index (κ1) is 34.0. The van der Waals surface area contributed by atoms with Crippen LogP contribution in [0.25, 0.3) is 0 Å². The van der Waals surface area contributed by atoms with Crippen molar-refractivity contribution >= 4 is 35.3 Å². The summed E-state index contributed by atoms with van der Waals surface area (Å²) in [7, 11) is 0. The average Bonchev–Trinajstić information content (AvgIpc) is 3.01. The van der Waals surface area contributed by atoms with Gasteiger partial charge >= 0.3 is 0 Å². The van der Waals surface area contributed by atoms with Crippen LogP contribution in [0.2, 0.25) is 0 Å². The Morgan fingerprint density at radius 2 is 0.977 bits per heavy atom. The summed E-state index contributed by atoms with van der Waals surface area (Å²) in [6.45, 7) is 12.7. The van der Waals surface area contributed by atoms with Crippen molar-refractivity contribution in [3.8, 4) is 0 Å². The minimum absolute atomic E-state index is 0.183. The van der Waals surface area contributed by atoms with E-state index >= 15 is 0 Å². The van der Waals surface area contributed by atoms with Crippen molar-refractivity contribution in [3.63, 3.8) is 0 Å². The highest BCUT2D eigenvalue weighted by Gasteiger charge is 2.09. The monoisotopic (exact) mass is 604 g/mol. The lowest BCUT2D eigenvalue weighted by atomic mass is 10.1. The van der Waals surface area contributed by atoms with Crippen LogP contribution in [0.1, 0.15) is 74.1 Å². The highest BCUT2D eigenvalue weighted by atomic mass is 16.2. The number of carbonyl (C=O) groups excluding carboxylic acids is 2. The van der Waals surface area contributed by atoms with Gasteiger partial charge < -0.3 is 31.9 Å². The van der Waals surface area contributed by atoms with E-state index in [2.05, 4.69) is 79.5 Å². The molecule has 44 heavy (non-hydrogen) atoms. The SMILES string of the molecule is CC(C)CCNc1ccnc(NCCCNC(=O)c2ccc(C(=O)NCCCNc3nccc(NCCC(C)C)n3)cc2)n1. The molecular formula is C32H48N10O2. The van der Waals surface area contributed by atoms with Crippen molar-refractivity contribution < 1.29 is 9.59 Å². The molecule has 2 amide bonds. The van der Waals surface area contributed by atoms with E-state index in [1.807, 2.05) is 12.1 Å². The standard InChI is InChI=1S/C32H48N10O2/c1-23(2)11-19-33-27-13-21-39-31(41-27)37-17-5-15-35-29(43)25-7-9-26(10-8-25)30(44)36-16-6-18-38-32-40-22-14-28(42-32)34-20-12-24(3)4/h7-10,13-14,21-24H,5-6,11-12,15-20H2,1-4H3,(H,35,43)(H,36,44)(H2,33,37,39,41)(H2,34,38,40,42). The van der Waals surface area contributed by atoms with Gasteiger partial charge in [-0.3, -0.25) is 9.59 Å². The Kier molecular flexibility index (Phi) is 14.6. The van der Waals surface area contributed by atoms with Gasteiger partial charge in [-0.05, 0) is 73.9 Å². The second-order valence-electron chi connectivity index (χ2n) is 11.4. The molecule has 0 saturated carbocycles. The van der Waals surface area contributed by atoms with E-state index in [1.54, 1.807) is 36.7 Å². The molecule has 0 aliphatic heterocycles. The van der Waals surface area contributed by atoms with Gasteiger partial charge in [0, 0.05) is 62.8 Å². The summed E-state index contributed by atoms with van der Waals surface area (Å²) in [5.74, 6) is 3.60. The van der Waals surface area contributed by atoms with Crippen molar-refractivity contribution in [2.45, 2.75) is 53.4 Å². The number of amides is 2. The van der Waals surface area contributed by atoms with Crippen LogP contribution in [0.5, 0.6) is 0 Å². The summed E-state index contributed by atoms with van der Waals surface area (Å²) in [5, 5.41) is 18.8. The van der Waals surface area contributed by atoms with Gasteiger partial charge in [0.15, 0.2) is 0 Å². The van der Waals surface area contributed by atoms with Crippen LogP contribution in [0.15, 0.2) is 48.8 Å². The van der Waals surface area contributed by atoms with Crippen molar-refractivity contribution in [1.82, 2.24) is 30.6 Å². The van der Waals surface area contributed by atoms with Crippen LogP contribution in [-0.4, -0.2) is 71.0 Å². The molecule has 0 aliphatic rings. The van der Waals surface area contributed by atoms with E-state index in [9.17, 15) is 9.59 Å². The minimum atomic E-state index is -0.183. The summed E-state index contributed by atoms with van der Waals surface area (Å²) >= 11 is 0. The van der Waals surface area contributed by atoms with Crippen molar-refractivity contribution in [3.05, 3.63) is 59.9 Å². The predicted molar refractivity (Wildman–Crippen MR) is 177 cm³/mol. The summed E-state index contributed by atoms with van der Waals surface area (Å²) < 4.78 is 0. The lowest BCUT2D eigenvalue weighted by Crippen LogP contribution is -2.27. The largest absolute Gasteiger partial charge is 0.370 e. The normalized spacial score (nSPS) is 10.9. The molecule has 0 radical (unpaired) electrons. The molecule has 0 saturated heterocycles. The Labute approximate surface area is 261 Å². The van der Waals surface area contributed by atoms with Gasteiger partial charge in [0.1, 0.15) is 11.6 Å². The molecular weight excluding hydrogens is 556 g/mol. The minimum Gasteiger partial charge on any atom is -0.370 e. The molecule has 3 rings (SSSR count). The molecule has 3 aromatic rings. The third-order valence-electron chi connectivity index (χ3n) is 6.62. The lowest BCUT2D eigenvalue weighted by Gasteiger charge is -2.10. The van der Waals surface area contributed by atoms with Crippen LogP contribution < -0.4 is 31.9 Å². The number of rotatable bonds is 20. The number of anilines is 4. The Balaban J connectivity index is 1.28. The highest BCUT2D eigenvalue weighted by molar-refractivity contribution is 5.97. The Hall–Kier alpha value is -4.48. The van der Waals surface area contributed by atoms with E-state index in [1.165, 1.54) is 0 Å². The number of benzene rings is 1. The lowest BCUT2D eigenvalue weighted by molar-refractivity contribution is 0.0941. The molecule has 2 heterocycles. The molecule has 12 heteroatoms. The first-order valence-electron chi connectivity index (χ1n) is 15.6.